The molecule has 0 atom stereocenters. The average Bonchev–Trinajstić information content (AvgIpc) is 2.56. The monoisotopic (exact) mass is 302 g/mol. The van der Waals surface area contributed by atoms with Crippen molar-refractivity contribution in [3.05, 3.63) is 35.9 Å². The van der Waals surface area contributed by atoms with E-state index in [0.29, 0.717) is 6.04 Å². The van der Waals surface area contributed by atoms with Crippen LogP contribution in [0.3, 0.4) is 0 Å². The molecule has 1 aliphatic rings. The molecule has 1 fully saturated rings. The van der Waals surface area contributed by atoms with E-state index in [-0.39, 0.29) is 0 Å². The summed E-state index contributed by atoms with van der Waals surface area (Å²) in [5.41, 5.74) is 1.25. The van der Waals surface area contributed by atoms with Crippen LogP contribution in [0, 0.1) is 0 Å². The van der Waals surface area contributed by atoms with Gasteiger partial charge in [-0.3, -0.25) is 0 Å². The standard InChI is InChI=1S/C18H30N4/c1-3-12-22-13-10-17(11-14-22)21-18(19-4-2)20-15-16-8-6-5-7-9-16/h5-9,17H,3-4,10-15H2,1-2H3,(H2,19,20,21). The zero-order chi connectivity index (χ0) is 15.6. The Kier molecular flexibility index (Phi) is 7.23. The molecule has 0 radical (unpaired) electrons. The Morgan fingerprint density at radius 2 is 1.91 bits per heavy atom. The van der Waals surface area contributed by atoms with Crippen molar-refractivity contribution in [2.75, 3.05) is 26.2 Å². The molecule has 1 aromatic carbocycles. The molecule has 22 heavy (non-hydrogen) atoms. The van der Waals surface area contributed by atoms with Crippen molar-refractivity contribution >= 4 is 5.96 Å². The first-order chi connectivity index (χ1) is 10.8. The molecule has 0 spiro atoms. The Morgan fingerprint density at radius 3 is 2.55 bits per heavy atom. The minimum Gasteiger partial charge on any atom is -0.357 e. The normalized spacial score (nSPS) is 17.5. The van der Waals surface area contributed by atoms with E-state index in [0.717, 1.165) is 19.0 Å². The third-order valence-corrected chi connectivity index (χ3v) is 4.08. The minimum absolute atomic E-state index is 0.543. The van der Waals surface area contributed by atoms with Gasteiger partial charge in [0, 0.05) is 25.7 Å². The number of rotatable bonds is 6. The van der Waals surface area contributed by atoms with E-state index >= 15 is 0 Å². The van der Waals surface area contributed by atoms with Gasteiger partial charge in [-0.1, -0.05) is 37.3 Å². The zero-order valence-corrected chi connectivity index (χ0v) is 14.0. The van der Waals surface area contributed by atoms with Crippen molar-refractivity contribution in [3.63, 3.8) is 0 Å². The first-order valence-corrected chi connectivity index (χ1v) is 8.63. The van der Waals surface area contributed by atoms with Crippen LogP contribution in [0.25, 0.3) is 0 Å². The summed E-state index contributed by atoms with van der Waals surface area (Å²) in [5.74, 6) is 0.945. The molecule has 0 saturated carbocycles. The first kappa shape index (κ1) is 16.8. The summed E-state index contributed by atoms with van der Waals surface area (Å²) in [6.07, 6.45) is 3.66. The second-order valence-electron chi connectivity index (χ2n) is 5.94. The maximum Gasteiger partial charge on any atom is 0.191 e. The summed E-state index contributed by atoms with van der Waals surface area (Å²) < 4.78 is 0. The van der Waals surface area contributed by atoms with Crippen molar-refractivity contribution in [1.82, 2.24) is 15.5 Å². The largest absolute Gasteiger partial charge is 0.357 e. The van der Waals surface area contributed by atoms with Crippen LogP contribution in [0.4, 0.5) is 0 Å². The van der Waals surface area contributed by atoms with Gasteiger partial charge >= 0.3 is 0 Å². The number of likely N-dealkylation sites (tertiary alicyclic amines) is 1. The lowest BCUT2D eigenvalue weighted by Crippen LogP contribution is -2.48. The number of guanidine groups is 1. The highest BCUT2D eigenvalue weighted by Gasteiger charge is 2.19. The van der Waals surface area contributed by atoms with E-state index in [2.05, 4.69) is 53.6 Å². The molecule has 1 aliphatic heterocycles. The predicted octanol–water partition coefficient (Wildman–Crippen LogP) is 2.62. The Morgan fingerprint density at radius 1 is 1.18 bits per heavy atom. The number of hydrogen-bond acceptors (Lipinski definition) is 2. The number of hydrogen-bond donors (Lipinski definition) is 2. The highest BCUT2D eigenvalue weighted by molar-refractivity contribution is 5.80. The highest BCUT2D eigenvalue weighted by Crippen LogP contribution is 2.10. The fourth-order valence-corrected chi connectivity index (χ4v) is 2.88. The fraction of sp³-hybridized carbons (Fsp3) is 0.611. The molecule has 1 heterocycles. The second kappa shape index (κ2) is 9.46. The number of piperidine rings is 1. The van der Waals surface area contributed by atoms with Gasteiger partial charge in [0.05, 0.1) is 6.54 Å². The quantitative estimate of drug-likeness (QED) is 0.627. The van der Waals surface area contributed by atoms with Crippen LogP contribution in [-0.2, 0) is 6.54 Å². The summed E-state index contributed by atoms with van der Waals surface area (Å²) in [4.78, 5) is 7.28. The van der Waals surface area contributed by atoms with Crippen molar-refractivity contribution in [1.29, 1.82) is 0 Å². The Bertz CT molecular complexity index is 436. The second-order valence-corrected chi connectivity index (χ2v) is 5.94. The summed E-state index contributed by atoms with van der Waals surface area (Å²) in [6.45, 7) is 9.62. The van der Waals surface area contributed by atoms with Crippen LogP contribution in [-0.4, -0.2) is 43.1 Å². The van der Waals surface area contributed by atoms with E-state index in [9.17, 15) is 0 Å². The molecule has 2 rings (SSSR count). The van der Waals surface area contributed by atoms with Gasteiger partial charge in [0.1, 0.15) is 0 Å². The number of nitrogens with one attached hydrogen (secondary N) is 2. The molecule has 1 saturated heterocycles. The topological polar surface area (TPSA) is 39.7 Å². The summed E-state index contributed by atoms with van der Waals surface area (Å²) in [5, 5.41) is 6.96. The Labute approximate surface area is 135 Å². The summed E-state index contributed by atoms with van der Waals surface area (Å²) in [7, 11) is 0. The van der Waals surface area contributed by atoms with E-state index in [1.165, 1.54) is 44.5 Å². The minimum atomic E-state index is 0.543. The van der Waals surface area contributed by atoms with Gasteiger partial charge < -0.3 is 15.5 Å². The van der Waals surface area contributed by atoms with E-state index in [1.54, 1.807) is 0 Å². The van der Waals surface area contributed by atoms with Crippen LogP contribution < -0.4 is 10.6 Å². The molecule has 0 aromatic heterocycles. The molecule has 0 bridgehead atoms. The summed E-state index contributed by atoms with van der Waals surface area (Å²) >= 11 is 0. The Hall–Kier alpha value is -1.55. The average molecular weight is 302 g/mol. The van der Waals surface area contributed by atoms with Gasteiger partial charge in [-0.2, -0.15) is 0 Å². The maximum atomic E-state index is 4.71. The van der Waals surface area contributed by atoms with Crippen LogP contribution in [0.15, 0.2) is 35.3 Å². The van der Waals surface area contributed by atoms with Gasteiger partial charge in [0.25, 0.3) is 0 Å². The van der Waals surface area contributed by atoms with E-state index < -0.39 is 0 Å². The molecule has 2 N–H and O–H groups in total. The molecule has 0 amide bonds. The van der Waals surface area contributed by atoms with Crippen molar-refractivity contribution in [2.24, 2.45) is 4.99 Å². The molecule has 122 valence electrons. The number of benzene rings is 1. The molecule has 1 aromatic rings. The van der Waals surface area contributed by atoms with Crippen LogP contribution in [0.2, 0.25) is 0 Å². The molecule has 0 aliphatic carbocycles. The molecule has 0 unspecified atom stereocenters. The highest BCUT2D eigenvalue weighted by atomic mass is 15.2. The lowest BCUT2D eigenvalue weighted by molar-refractivity contribution is 0.206. The van der Waals surface area contributed by atoms with Crippen LogP contribution in [0.1, 0.15) is 38.7 Å². The van der Waals surface area contributed by atoms with Gasteiger partial charge in [-0.25, -0.2) is 4.99 Å². The maximum absolute atomic E-state index is 4.71. The first-order valence-electron chi connectivity index (χ1n) is 8.63. The van der Waals surface area contributed by atoms with Gasteiger partial charge in [-0.15, -0.1) is 0 Å². The van der Waals surface area contributed by atoms with Crippen LogP contribution >= 0.6 is 0 Å². The predicted molar refractivity (Wildman–Crippen MR) is 94.1 cm³/mol. The van der Waals surface area contributed by atoms with Crippen molar-refractivity contribution < 1.29 is 0 Å². The van der Waals surface area contributed by atoms with Gasteiger partial charge in [-0.05, 0) is 38.3 Å². The zero-order valence-electron chi connectivity index (χ0n) is 14.0. The molecule has 4 nitrogen and oxygen atoms in total. The molecular weight excluding hydrogens is 272 g/mol. The Balaban J connectivity index is 1.84. The summed E-state index contributed by atoms with van der Waals surface area (Å²) in [6, 6.07) is 11.0. The van der Waals surface area contributed by atoms with Crippen molar-refractivity contribution in [2.45, 2.75) is 45.7 Å². The van der Waals surface area contributed by atoms with E-state index in [1.807, 2.05) is 6.07 Å². The van der Waals surface area contributed by atoms with Crippen molar-refractivity contribution in [3.8, 4) is 0 Å². The molecule has 4 heteroatoms. The fourth-order valence-electron chi connectivity index (χ4n) is 2.88. The number of aliphatic imine (C=N–C) groups is 1. The van der Waals surface area contributed by atoms with E-state index in [4.69, 9.17) is 4.99 Å². The van der Waals surface area contributed by atoms with Gasteiger partial charge in [0.2, 0.25) is 0 Å². The van der Waals surface area contributed by atoms with Crippen LogP contribution in [0.5, 0.6) is 0 Å². The lowest BCUT2D eigenvalue weighted by atomic mass is 10.1. The third kappa shape index (κ3) is 5.68. The molecular formula is C18H30N4. The third-order valence-electron chi connectivity index (χ3n) is 4.08. The smallest absolute Gasteiger partial charge is 0.191 e. The van der Waals surface area contributed by atoms with Gasteiger partial charge in [0.15, 0.2) is 5.96 Å². The number of nitrogens with zero attached hydrogens (tertiary/aromatic N) is 2. The SMILES string of the molecule is CCCN1CCC(NC(=NCc2ccccc2)NCC)CC1. The lowest BCUT2D eigenvalue weighted by Gasteiger charge is -2.32.